The van der Waals surface area contributed by atoms with Crippen LogP contribution >= 0.6 is 0 Å². The molecule has 0 radical (unpaired) electrons. The van der Waals surface area contributed by atoms with Crippen LogP contribution in [0.15, 0.2) is 39.9 Å². The second-order valence-corrected chi connectivity index (χ2v) is 7.68. The number of benzene rings is 1. The Balaban J connectivity index is 1.92. The number of likely N-dealkylation sites (N-methyl/N-ethyl adjacent to an activating group) is 1. The minimum absolute atomic E-state index is 0.0134. The average Bonchev–Trinajstić information content (AvgIpc) is 2.70. The van der Waals surface area contributed by atoms with E-state index in [1.807, 2.05) is 30.3 Å². The van der Waals surface area contributed by atoms with Crippen LogP contribution in [0, 0.1) is 0 Å². The first-order chi connectivity index (χ1) is 13.9. The van der Waals surface area contributed by atoms with E-state index in [1.165, 1.54) is 20.8 Å². The van der Waals surface area contributed by atoms with Crippen LogP contribution in [0.1, 0.15) is 38.7 Å². The normalized spacial score (nSPS) is 19.1. The van der Waals surface area contributed by atoms with E-state index in [1.54, 1.807) is 6.92 Å². The molecule has 4 N–H and O–H groups in total. The number of nitrogen functional groups attached to an aromatic ring is 1. The molecule has 8 heteroatoms. The number of nitrogens with zero attached hydrogens (tertiary/aromatic N) is 2. The van der Waals surface area contributed by atoms with Crippen LogP contribution in [0.4, 0.5) is 11.5 Å². The maximum Gasteiger partial charge on any atom is 0.330 e. The van der Waals surface area contributed by atoms with Gasteiger partial charge >= 0.3 is 5.69 Å². The Bertz CT molecular complexity index is 967. The summed E-state index contributed by atoms with van der Waals surface area (Å²) in [4.78, 5) is 43.0. The summed E-state index contributed by atoms with van der Waals surface area (Å²) in [5, 5.41) is 0. The molecule has 156 valence electrons. The second-order valence-electron chi connectivity index (χ2n) is 7.68. The summed E-state index contributed by atoms with van der Waals surface area (Å²) in [5.41, 5.74) is 5.96. The summed E-state index contributed by atoms with van der Waals surface area (Å²) >= 11 is 0. The highest BCUT2D eigenvalue weighted by atomic mass is 16.2. The molecule has 29 heavy (non-hydrogen) atoms. The molecule has 1 aliphatic heterocycles. The number of carbonyl (C=O) groups is 1. The number of piperidine rings is 1. The Morgan fingerprint density at radius 1 is 1.28 bits per heavy atom. The van der Waals surface area contributed by atoms with Gasteiger partial charge in [-0.3, -0.25) is 24.0 Å². The number of nitrogens with one attached hydrogen (secondary N) is 2. The molecule has 0 spiro atoms. The highest BCUT2D eigenvalue weighted by Gasteiger charge is 2.29. The van der Waals surface area contributed by atoms with E-state index < -0.39 is 11.2 Å². The van der Waals surface area contributed by atoms with Crippen LogP contribution in [0.25, 0.3) is 0 Å². The predicted octanol–water partition coefficient (Wildman–Crippen LogP) is -0.0227. The smallest absolute Gasteiger partial charge is 0.330 e. The first-order valence-electron chi connectivity index (χ1n) is 10.2. The summed E-state index contributed by atoms with van der Waals surface area (Å²) in [6.07, 6.45) is 3.39. The number of carbonyl (C=O) groups excluding carboxylic acids is 1. The first kappa shape index (κ1) is 20.9. The van der Waals surface area contributed by atoms with Gasteiger partial charge in [0.15, 0.2) is 12.2 Å². The number of rotatable bonds is 6. The molecule has 2 heterocycles. The monoisotopic (exact) mass is 400 g/mol. The van der Waals surface area contributed by atoms with Crippen molar-refractivity contribution in [2.45, 2.75) is 45.7 Å². The van der Waals surface area contributed by atoms with E-state index in [4.69, 9.17) is 5.73 Å². The zero-order chi connectivity index (χ0) is 21.0. The molecule has 0 bridgehead atoms. The van der Waals surface area contributed by atoms with Crippen molar-refractivity contribution < 1.29 is 9.69 Å². The quantitative estimate of drug-likeness (QED) is 0.634. The molecule has 0 saturated carbocycles. The van der Waals surface area contributed by atoms with Crippen molar-refractivity contribution in [1.29, 1.82) is 0 Å². The fourth-order valence-electron chi connectivity index (χ4n) is 4.03. The molecule has 1 saturated heterocycles. The lowest BCUT2D eigenvalue weighted by atomic mass is 10.0. The van der Waals surface area contributed by atoms with E-state index in [2.05, 4.69) is 11.9 Å². The molecule has 1 aliphatic rings. The zero-order valence-corrected chi connectivity index (χ0v) is 17.1. The van der Waals surface area contributed by atoms with Gasteiger partial charge < -0.3 is 10.6 Å². The number of H-pyrrole nitrogens is 1. The third kappa shape index (κ3) is 4.59. The summed E-state index contributed by atoms with van der Waals surface area (Å²) in [6, 6.07) is 9.78. The summed E-state index contributed by atoms with van der Waals surface area (Å²) < 4.78 is 1.30. The van der Waals surface area contributed by atoms with E-state index in [0.717, 1.165) is 24.9 Å². The lowest BCUT2D eigenvalue weighted by molar-refractivity contribution is -0.920. The van der Waals surface area contributed by atoms with Crippen LogP contribution in [0.3, 0.4) is 0 Å². The predicted molar refractivity (Wildman–Crippen MR) is 113 cm³/mol. The van der Waals surface area contributed by atoms with Gasteiger partial charge in [0, 0.05) is 6.54 Å². The fraction of sp³-hybridized carbons (Fsp3) is 0.476. The third-order valence-electron chi connectivity index (χ3n) is 5.75. The van der Waals surface area contributed by atoms with E-state index in [0.29, 0.717) is 19.1 Å². The van der Waals surface area contributed by atoms with Gasteiger partial charge in [-0.1, -0.05) is 30.3 Å². The van der Waals surface area contributed by atoms with Crippen LogP contribution in [-0.2, 0) is 11.3 Å². The number of hydrogen-bond donors (Lipinski definition) is 3. The molecule has 2 aromatic rings. The molecule has 8 nitrogen and oxygen atoms in total. The third-order valence-corrected chi connectivity index (χ3v) is 5.75. The SMILES string of the molecule is CCN(C(=O)C[NH+]1CCCC[C@@H]1C)c1c(N)n(Cc2ccccc2)c(=O)[nH]c1=O. The molecule has 3 rings (SSSR count). The Kier molecular flexibility index (Phi) is 6.53. The zero-order valence-electron chi connectivity index (χ0n) is 17.1. The largest absolute Gasteiger partial charge is 0.383 e. The average molecular weight is 401 g/mol. The minimum atomic E-state index is -0.631. The first-order valence-corrected chi connectivity index (χ1v) is 10.2. The Labute approximate surface area is 169 Å². The Morgan fingerprint density at radius 2 is 2.00 bits per heavy atom. The summed E-state index contributed by atoms with van der Waals surface area (Å²) in [6.45, 7) is 5.74. The highest BCUT2D eigenvalue weighted by molar-refractivity contribution is 5.96. The molecule has 1 aromatic carbocycles. The van der Waals surface area contributed by atoms with E-state index in [9.17, 15) is 14.4 Å². The highest BCUT2D eigenvalue weighted by Crippen LogP contribution is 2.17. The van der Waals surface area contributed by atoms with Crippen LogP contribution < -0.4 is 26.8 Å². The summed E-state index contributed by atoms with van der Waals surface area (Å²) in [7, 11) is 0. The van der Waals surface area contributed by atoms with Crippen LogP contribution in [0.5, 0.6) is 0 Å². The standard InChI is InChI=1S/C21H29N5O3/c1-3-25(17(27)14-24-12-8-7-9-15(24)2)18-19(22)26(21(29)23-20(18)28)13-16-10-5-4-6-11-16/h4-6,10-11,15H,3,7-9,12-14,22H2,1-2H3,(H,23,28,29)/p+1/t15-/m0/s1. The minimum Gasteiger partial charge on any atom is -0.383 e. The Hall–Kier alpha value is -2.87. The number of aromatic nitrogens is 2. The van der Waals surface area contributed by atoms with Crippen LogP contribution in [0.2, 0.25) is 0 Å². The number of nitrogens with two attached hydrogens (primary N) is 1. The molecule has 2 atom stereocenters. The second kappa shape index (κ2) is 9.09. The number of amides is 1. The van der Waals surface area contributed by atoms with Gasteiger partial charge in [-0.05, 0) is 38.7 Å². The van der Waals surface area contributed by atoms with Gasteiger partial charge in [-0.2, -0.15) is 0 Å². The Morgan fingerprint density at radius 3 is 2.66 bits per heavy atom. The van der Waals surface area contributed by atoms with Gasteiger partial charge in [-0.15, -0.1) is 0 Å². The van der Waals surface area contributed by atoms with Crippen molar-refractivity contribution in [2.24, 2.45) is 0 Å². The van der Waals surface area contributed by atoms with Gasteiger partial charge in [0.25, 0.3) is 11.5 Å². The number of likely N-dealkylation sites (tertiary alicyclic amines) is 1. The number of aromatic amines is 1. The van der Waals surface area contributed by atoms with Crippen LogP contribution in [-0.4, -0.2) is 41.1 Å². The molecule has 1 amide bonds. The maximum absolute atomic E-state index is 13.1. The molecular weight excluding hydrogens is 370 g/mol. The lowest BCUT2D eigenvalue weighted by Gasteiger charge is -2.31. The van der Waals surface area contributed by atoms with Crippen molar-refractivity contribution in [3.05, 3.63) is 56.7 Å². The van der Waals surface area contributed by atoms with Crippen molar-refractivity contribution in [3.8, 4) is 0 Å². The van der Waals surface area contributed by atoms with Crippen molar-refractivity contribution >= 4 is 17.4 Å². The van der Waals surface area contributed by atoms with E-state index >= 15 is 0 Å². The fourth-order valence-corrected chi connectivity index (χ4v) is 4.03. The van der Waals surface area contributed by atoms with Crippen molar-refractivity contribution in [2.75, 3.05) is 30.3 Å². The molecule has 1 unspecified atom stereocenters. The number of anilines is 2. The lowest BCUT2D eigenvalue weighted by Crippen LogP contribution is -3.17. The molecule has 1 fully saturated rings. The molecule has 1 aromatic heterocycles. The number of quaternary nitrogens is 1. The van der Waals surface area contributed by atoms with E-state index in [-0.39, 0.29) is 24.0 Å². The number of hydrogen-bond acceptors (Lipinski definition) is 4. The molecule has 0 aliphatic carbocycles. The van der Waals surface area contributed by atoms with Gasteiger partial charge in [-0.25, -0.2) is 4.79 Å². The topological polar surface area (TPSA) is 106 Å². The maximum atomic E-state index is 13.1. The van der Waals surface area contributed by atoms with Crippen molar-refractivity contribution in [3.63, 3.8) is 0 Å². The molecular formula is C21H30N5O3+. The van der Waals surface area contributed by atoms with Gasteiger partial charge in [0.1, 0.15) is 5.82 Å². The summed E-state index contributed by atoms with van der Waals surface area (Å²) in [5.74, 6) is -0.141. The van der Waals surface area contributed by atoms with Crippen molar-refractivity contribution in [1.82, 2.24) is 9.55 Å². The van der Waals surface area contributed by atoms with Gasteiger partial charge in [0.2, 0.25) is 0 Å². The van der Waals surface area contributed by atoms with Gasteiger partial charge in [0.05, 0.1) is 19.1 Å².